The number of rotatable bonds is 4. The van der Waals surface area contributed by atoms with Gasteiger partial charge >= 0.3 is 5.97 Å². The summed E-state index contributed by atoms with van der Waals surface area (Å²) in [6.07, 6.45) is 1.35. The summed E-state index contributed by atoms with van der Waals surface area (Å²) in [6, 6.07) is 5.93. The average Bonchev–Trinajstić information content (AvgIpc) is 2.45. The van der Waals surface area contributed by atoms with Crippen LogP contribution in [-0.2, 0) is 14.3 Å². The Morgan fingerprint density at radius 3 is 2.75 bits per heavy atom. The first-order valence-corrected chi connectivity index (χ1v) is 6.83. The number of carbonyl (C=O) groups is 2. The van der Waals surface area contributed by atoms with Crippen molar-refractivity contribution in [3.05, 3.63) is 35.6 Å². The predicted molar refractivity (Wildman–Crippen MR) is 71.5 cm³/mol. The Morgan fingerprint density at radius 1 is 1.40 bits per heavy atom. The van der Waals surface area contributed by atoms with Gasteiger partial charge in [0.05, 0.1) is 6.61 Å². The molecule has 1 aromatic rings. The highest BCUT2D eigenvalue weighted by atomic mass is 19.1. The Bertz CT molecular complexity index is 486. The van der Waals surface area contributed by atoms with Crippen LogP contribution in [0.3, 0.4) is 0 Å². The van der Waals surface area contributed by atoms with Crippen LogP contribution in [0.1, 0.15) is 31.2 Å². The maximum Gasteiger partial charge on any atom is 0.319 e. The van der Waals surface area contributed by atoms with E-state index in [9.17, 15) is 14.0 Å². The standard InChI is InChI=1S/C15H18FNO3/c1-2-9-20-15(19)13-12(7-8-17-14(13)18)10-3-5-11(16)6-4-10/h3-6,12-13H,2,7-9H2,1H3,(H,17,18)/t12-,13-/m0/s1. The molecule has 1 aliphatic rings. The normalized spacial score (nSPS) is 22.2. The van der Waals surface area contributed by atoms with E-state index in [2.05, 4.69) is 5.32 Å². The van der Waals surface area contributed by atoms with E-state index in [1.165, 1.54) is 12.1 Å². The summed E-state index contributed by atoms with van der Waals surface area (Å²) >= 11 is 0. The molecule has 0 bridgehead atoms. The van der Waals surface area contributed by atoms with E-state index in [1.807, 2.05) is 6.92 Å². The zero-order valence-corrected chi connectivity index (χ0v) is 11.4. The second-order valence-corrected chi connectivity index (χ2v) is 4.88. The molecule has 0 aliphatic carbocycles. The quantitative estimate of drug-likeness (QED) is 0.677. The third-order valence-electron chi connectivity index (χ3n) is 3.44. The lowest BCUT2D eigenvalue weighted by atomic mass is 9.80. The molecular formula is C15H18FNO3. The zero-order chi connectivity index (χ0) is 14.5. The van der Waals surface area contributed by atoms with Crippen LogP contribution in [0.5, 0.6) is 0 Å². The molecule has 2 rings (SSSR count). The number of halogens is 1. The molecule has 1 saturated heterocycles. The fourth-order valence-electron chi connectivity index (χ4n) is 2.44. The minimum absolute atomic E-state index is 0.256. The number of hydrogen-bond acceptors (Lipinski definition) is 3. The van der Waals surface area contributed by atoms with Crippen LogP contribution in [0.2, 0.25) is 0 Å². The van der Waals surface area contributed by atoms with Crippen molar-refractivity contribution in [2.24, 2.45) is 5.92 Å². The van der Waals surface area contributed by atoms with E-state index < -0.39 is 11.9 Å². The fourth-order valence-corrected chi connectivity index (χ4v) is 2.44. The van der Waals surface area contributed by atoms with Crippen molar-refractivity contribution < 1.29 is 18.7 Å². The smallest absolute Gasteiger partial charge is 0.319 e. The van der Waals surface area contributed by atoms with Crippen LogP contribution in [-0.4, -0.2) is 25.0 Å². The SMILES string of the molecule is CCCOC(=O)[C@@H]1C(=O)NCC[C@H]1c1ccc(F)cc1. The van der Waals surface area contributed by atoms with Crippen LogP contribution in [0, 0.1) is 11.7 Å². The predicted octanol–water partition coefficient (Wildman–Crippen LogP) is 2.00. The van der Waals surface area contributed by atoms with Crippen LogP contribution in [0.25, 0.3) is 0 Å². The van der Waals surface area contributed by atoms with E-state index in [-0.39, 0.29) is 17.6 Å². The summed E-state index contributed by atoms with van der Waals surface area (Å²) in [7, 11) is 0. The molecule has 0 radical (unpaired) electrons. The molecule has 108 valence electrons. The Labute approximate surface area is 117 Å². The molecule has 1 amide bonds. The second kappa shape index (κ2) is 6.50. The van der Waals surface area contributed by atoms with Crippen LogP contribution >= 0.6 is 0 Å². The van der Waals surface area contributed by atoms with Crippen LogP contribution < -0.4 is 5.32 Å². The molecule has 1 heterocycles. The largest absolute Gasteiger partial charge is 0.465 e. The lowest BCUT2D eigenvalue weighted by molar-refractivity contribution is -0.154. The van der Waals surface area contributed by atoms with Crippen molar-refractivity contribution >= 4 is 11.9 Å². The van der Waals surface area contributed by atoms with E-state index in [4.69, 9.17) is 4.74 Å². The molecule has 0 saturated carbocycles. The van der Waals surface area contributed by atoms with Gasteiger partial charge in [-0.3, -0.25) is 9.59 Å². The topological polar surface area (TPSA) is 55.4 Å². The molecule has 1 N–H and O–H groups in total. The van der Waals surface area contributed by atoms with Gasteiger partial charge in [-0.2, -0.15) is 0 Å². The molecule has 1 aromatic carbocycles. The van der Waals surface area contributed by atoms with Gasteiger partial charge in [-0.1, -0.05) is 19.1 Å². The fraction of sp³-hybridized carbons (Fsp3) is 0.467. The maximum absolute atomic E-state index is 13.0. The van der Waals surface area contributed by atoms with Gasteiger partial charge in [0.2, 0.25) is 5.91 Å². The molecule has 0 spiro atoms. The number of nitrogens with one attached hydrogen (secondary N) is 1. The number of carbonyl (C=O) groups excluding carboxylic acids is 2. The molecule has 20 heavy (non-hydrogen) atoms. The molecule has 4 nitrogen and oxygen atoms in total. The highest BCUT2D eigenvalue weighted by molar-refractivity contribution is 5.99. The van der Waals surface area contributed by atoms with Gasteiger partial charge in [0.1, 0.15) is 11.7 Å². The molecule has 0 aromatic heterocycles. The van der Waals surface area contributed by atoms with Gasteiger partial charge in [-0.05, 0) is 30.5 Å². The minimum atomic E-state index is -0.847. The number of ether oxygens (including phenoxy) is 1. The lowest BCUT2D eigenvalue weighted by Crippen LogP contribution is -2.45. The summed E-state index contributed by atoms with van der Waals surface area (Å²) in [4.78, 5) is 24.0. The first kappa shape index (κ1) is 14.5. The number of benzene rings is 1. The molecule has 1 aliphatic heterocycles. The molecule has 0 unspecified atom stereocenters. The molecule has 2 atom stereocenters. The molecule has 5 heteroatoms. The van der Waals surface area contributed by atoms with Gasteiger partial charge < -0.3 is 10.1 Å². The summed E-state index contributed by atoms with van der Waals surface area (Å²) in [5, 5.41) is 2.69. The van der Waals surface area contributed by atoms with Gasteiger partial charge in [0.25, 0.3) is 0 Å². The van der Waals surface area contributed by atoms with Crippen LogP contribution in [0.4, 0.5) is 4.39 Å². The Kier molecular flexibility index (Phi) is 4.71. The van der Waals surface area contributed by atoms with E-state index in [0.717, 1.165) is 5.56 Å². The van der Waals surface area contributed by atoms with Crippen molar-refractivity contribution in [2.75, 3.05) is 13.2 Å². The van der Waals surface area contributed by atoms with Crippen molar-refractivity contribution in [3.63, 3.8) is 0 Å². The van der Waals surface area contributed by atoms with Crippen molar-refractivity contribution in [3.8, 4) is 0 Å². The number of amides is 1. The Balaban J connectivity index is 2.21. The highest BCUT2D eigenvalue weighted by Crippen LogP contribution is 2.32. The number of piperidine rings is 1. The van der Waals surface area contributed by atoms with Gasteiger partial charge in [-0.25, -0.2) is 4.39 Å². The Hall–Kier alpha value is -1.91. The summed E-state index contributed by atoms with van der Waals surface area (Å²) in [5.74, 6) is -2.25. The minimum Gasteiger partial charge on any atom is -0.465 e. The monoisotopic (exact) mass is 279 g/mol. The summed E-state index contributed by atoms with van der Waals surface area (Å²) in [6.45, 7) is 2.71. The molecule has 1 fully saturated rings. The highest BCUT2D eigenvalue weighted by Gasteiger charge is 2.39. The van der Waals surface area contributed by atoms with Gasteiger partial charge in [0, 0.05) is 12.5 Å². The second-order valence-electron chi connectivity index (χ2n) is 4.88. The van der Waals surface area contributed by atoms with Gasteiger partial charge in [-0.15, -0.1) is 0 Å². The van der Waals surface area contributed by atoms with Crippen molar-refractivity contribution in [1.82, 2.24) is 5.32 Å². The summed E-state index contributed by atoms with van der Waals surface area (Å²) < 4.78 is 18.1. The Morgan fingerprint density at radius 2 is 2.10 bits per heavy atom. The van der Waals surface area contributed by atoms with E-state index in [0.29, 0.717) is 26.0 Å². The summed E-state index contributed by atoms with van der Waals surface area (Å²) in [5.41, 5.74) is 0.791. The number of hydrogen-bond donors (Lipinski definition) is 1. The van der Waals surface area contributed by atoms with Crippen LogP contribution in [0.15, 0.2) is 24.3 Å². The zero-order valence-electron chi connectivity index (χ0n) is 11.4. The third-order valence-corrected chi connectivity index (χ3v) is 3.44. The first-order valence-electron chi connectivity index (χ1n) is 6.83. The maximum atomic E-state index is 13.0. The van der Waals surface area contributed by atoms with E-state index in [1.54, 1.807) is 12.1 Å². The van der Waals surface area contributed by atoms with Gasteiger partial charge in [0.15, 0.2) is 0 Å². The average molecular weight is 279 g/mol. The third kappa shape index (κ3) is 3.15. The van der Waals surface area contributed by atoms with E-state index >= 15 is 0 Å². The van der Waals surface area contributed by atoms with Crippen molar-refractivity contribution in [2.45, 2.75) is 25.7 Å². The number of esters is 1. The first-order chi connectivity index (χ1) is 9.63. The molecular weight excluding hydrogens is 261 g/mol. The lowest BCUT2D eigenvalue weighted by Gasteiger charge is -2.29. The van der Waals surface area contributed by atoms with Crippen molar-refractivity contribution in [1.29, 1.82) is 0 Å².